The van der Waals surface area contributed by atoms with Crippen LogP contribution in [0.4, 0.5) is 5.95 Å². The van der Waals surface area contributed by atoms with Gasteiger partial charge in [-0.3, -0.25) is 4.90 Å². The number of thiophene rings is 1. The molecule has 2 aromatic rings. The molecule has 0 amide bonds. The van der Waals surface area contributed by atoms with Gasteiger partial charge in [-0.2, -0.15) is 0 Å². The smallest absolute Gasteiger partial charge is 0.225 e. The number of ether oxygens (including phenoxy) is 1. The van der Waals surface area contributed by atoms with Gasteiger partial charge < -0.3 is 9.64 Å². The van der Waals surface area contributed by atoms with Crippen LogP contribution >= 0.6 is 11.3 Å². The van der Waals surface area contributed by atoms with Crippen molar-refractivity contribution < 1.29 is 4.74 Å². The van der Waals surface area contributed by atoms with Gasteiger partial charge in [0.15, 0.2) is 0 Å². The van der Waals surface area contributed by atoms with Crippen LogP contribution in [-0.4, -0.2) is 53.3 Å². The lowest BCUT2D eigenvalue weighted by Gasteiger charge is -2.26. The summed E-state index contributed by atoms with van der Waals surface area (Å²) in [6.45, 7) is 3.97. The highest BCUT2D eigenvalue weighted by molar-refractivity contribution is 7.09. The summed E-state index contributed by atoms with van der Waals surface area (Å²) in [6, 6.07) is 6.56. The van der Waals surface area contributed by atoms with Crippen LogP contribution < -0.4 is 4.90 Å². The highest BCUT2D eigenvalue weighted by atomic mass is 32.1. The van der Waals surface area contributed by atoms with Crippen LogP contribution in [0.15, 0.2) is 36.0 Å². The Labute approximate surface area is 140 Å². The van der Waals surface area contributed by atoms with Gasteiger partial charge in [-0.1, -0.05) is 6.07 Å². The fraction of sp³-hybridized carbons (Fsp3) is 0.529. The van der Waals surface area contributed by atoms with E-state index in [1.54, 1.807) is 12.4 Å². The second-order valence-electron chi connectivity index (χ2n) is 6.55. The molecular weight excluding hydrogens is 308 g/mol. The van der Waals surface area contributed by atoms with Gasteiger partial charge in [-0.25, -0.2) is 9.97 Å². The predicted octanol–water partition coefficient (Wildman–Crippen LogP) is 2.41. The van der Waals surface area contributed by atoms with Crippen molar-refractivity contribution in [3.63, 3.8) is 0 Å². The van der Waals surface area contributed by atoms with E-state index in [4.69, 9.17) is 4.74 Å². The second-order valence-corrected chi connectivity index (χ2v) is 7.58. The van der Waals surface area contributed by atoms with E-state index in [1.165, 1.54) is 4.88 Å². The topological polar surface area (TPSA) is 41.5 Å². The number of hydrogen-bond acceptors (Lipinski definition) is 6. The summed E-state index contributed by atoms with van der Waals surface area (Å²) in [5.74, 6) is 0.784. The molecule has 0 saturated carbocycles. The maximum absolute atomic E-state index is 6.27. The fourth-order valence-corrected chi connectivity index (χ4v) is 4.42. The van der Waals surface area contributed by atoms with Gasteiger partial charge in [-0.05, 0) is 23.9 Å². The SMILES string of the molecule is CN(c1ncccn1)C1COC2(CCN(Cc3cccs3)C2)C1. The summed E-state index contributed by atoms with van der Waals surface area (Å²) in [5.41, 5.74) is 0.0188. The Morgan fingerprint density at radius 3 is 3.04 bits per heavy atom. The lowest BCUT2D eigenvalue weighted by Crippen LogP contribution is -2.36. The Morgan fingerprint density at radius 1 is 1.39 bits per heavy atom. The minimum Gasteiger partial charge on any atom is -0.371 e. The van der Waals surface area contributed by atoms with Crippen LogP contribution in [0.1, 0.15) is 17.7 Å². The molecule has 2 fully saturated rings. The summed E-state index contributed by atoms with van der Waals surface area (Å²) >= 11 is 1.84. The van der Waals surface area contributed by atoms with Gasteiger partial charge in [0.1, 0.15) is 0 Å². The first-order chi connectivity index (χ1) is 11.2. The minimum absolute atomic E-state index is 0.0188. The molecule has 2 aliphatic heterocycles. The molecule has 2 saturated heterocycles. The van der Waals surface area contributed by atoms with E-state index in [2.05, 4.69) is 44.3 Å². The quantitative estimate of drug-likeness (QED) is 0.861. The molecule has 6 heteroatoms. The number of hydrogen-bond donors (Lipinski definition) is 0. The third-order valence-electron chi connectivity index (χ3n) is 4.96. The standard InChI is InChI=1S/C17H22N4OS/c1-20(16-18-6-3-7-19-16)14-10-17(22-12-14)5-8-21(13-17)11-15-4-2-9-23-15/h2-4,6-7,9,14H,5,8,10-13H2,1H3. The molecule has 0 aromatic carbocycles. The largest absolute Gasteiger partial charge is 0.371 e. The number of likely N-dealkylation sites (N-methyl/N-ethyl adjacent to an activating group) is 1. The molecule has 0 radical (unpaired) electrons. The molecule has 2 aliphatic rings. The molecule has 2 unspecified atom stereocenters. The molecule has 23 heavy (non-hydrogen) atoms. The molecule has 4 heterocycles. The summed E-state index contributed by atoms with van der Waals surface area (Å²) in [4.78, 5) is 14.8. The zero-order valence-electron chi connectivity index (χ0n) is 13.4. The van der Waals surface area contributed by atoms with Crippen LogP contribution in [0.5, 0.6) is 0 Å². The molecule has 2 aromatic heterocycles. The molecule has 1 spiro atoms. The molecule has 0 N–H and O–H groups in total. The first-order valence-electron chi connectivity index (χ1n) is 8.13. The van der Waals surface area contributed by atoms with Crippen molar-refractivity contribution >= 4 is 17.3 Å². The van der Waals surface area contributed by atoms with E-state index in [0.29, 0.717) is 6.04 Å². The van der Waals surface area contributed by atoms with E-state index in [-0.39, 0.29) is 5.60 Å². The lowest BCUT2D eigenvalue weighted by molar-refractivity contribution is 0.0119. The zero-order chi connectivity index (χ0) is 15.7. The Morgan fingerprint density at radius 2 is 2.26 bits per heavy atom. The van der Waals surface area contributed by atoms with E-state index >= 15 is 0 Å². The third-order valence-corrected chi connectivity index (χ3v) is 5.82. The average Bonchev–Trinajstić information content (AvgIpc) is 3.31. The van der Waals surface area contributed by atoms with E-state index in [9.17, 15) is 0 Å². The van der Waals surface area contributed by atoms with Gasteiger partial charge in [0.05, 0.1) is 18.2 Å². The van der Waals surface area contributed by atoms with Crippen molar-refractivity contribution in [2.24, 2.45) is 0 Å². The number of aromatic nitrogens is 2. The Kier molecular flexibility index (Phi) is 4.05. The maximum atomic E-state index is 6.27. The van der Waals surface area contributed by atoms with Crippen molar-refractivity contribution in [3.05, 3.63) is 40.8 Å². The maximum Gasteiger partial charge on any atom is 0.225 e. The van der Waals surface area contributed by atoms with Crippen LogP contribution in [0.3, 0.4) is 0 Å². The second kappa shape index (κ2) is 6.19. The van der Waals surface area contributed by atoms with Gasteiger partial charge in [0.2, 0.25) is 5.95 Å². The van der Waals surface area contributed by atoms with Gasteiger partial charge >= 0.3 is 0 Å². The minimum atomic E-state index is 0.0188. The van der Waals surface area contributed by atoms with Crippen LogP contribution in [0.2, 0.25) is 0 Å². The van der Waals surface area contributed by atoms with Crippen molar-refractivity contribution in [1.82, 2.24) is 14.9 Å². The highest BCUT2D eigenvalue weighted by Crippen LogP contribution is 2.37. The molecule has 4 rings (SSSR count). The predicted molar refractivity (Wildman–Crippen MR) is 91.7 cm³/mol. The number of rotatable bonds is 4. The van der Waals surface area contributed by atoms with Crippen molar-refractivity contribution in [1.29, 1.82) is 0 Å². The van der Waals surface area contributed by atoms with Crippen molar-refractivity contribution in [2.45, 2.75) is 31.0 Å². The third kappa shape index (κ3) is 3.11. The Hall–Kier alpha value is -1.50. The highest BCUT2D eigenvalue weighted by Gasteiger charge is 2.46. The van der Waals surface area contributed by atoms with E-state index in [0.717, 1.165) is 45.0 Å². The van der Waals surface area contributed by atoms with Crippen LogP contribution in [0, 0.1) is 0 Å². The number of likely N-dealkylation sites (tertiary alicyclic amines) is 1. The van der Waals surface area contributed by atoms with Crippen LogP contribution in [-0.2, 0) is 11.3 Å². The zero-order valence-corrected chi connectivity index (χ0v) is 14.2. The lowest BCUT2D eigenvalue weighted by atomic mass is 9.97. The average molecular weight is 330 g/mol. The Balaban J connectivity index is 1.38. The normalized spacial score (nSPS) is 27.8. The number of nitrogens with zero attached hydrogens (tertiary/aromatic N) is 4. The van der Waals surface area contributed by atoms with Gasteiger partial charge in [0, 0.05) is 50.4 Å². The molecular formula is C17H22N4OS. The van der Waals surface area contributed by atoms with Gasteiger partial charge in [0.25, 0.3) is 0 Å². The molecule has 122 valence electrons. The monoisotopic (exact) mass is 330 g/mol. The summed E-state index contributed by atoms with van der Waals surface area (Å²) in [6.07, 6.45) is 5.77. The summed E-state index contributed by atoms with van der Waals surface area (Å²) < 4.78 is 6.27. The van der Waals surface area contributed by atoms with E-state index < -0.39 is 0 Å². The van der Waals surface area contributed by atoms with Gasteiger partial charge in [-0.15, -0.1) is 11.3 Å². The molecule has 2 atom stereocenters. The van der Waals surface area contributed by atoms with Crippen molar-refractivity contribution in [3.8, 4) is 0 Å². The van der Waals surface area contributed by atoms with E-state index in [1.807, 2.05) is 17.4 Å². The first-order valence-corrected chi connectivity index (χ1v) is 9.01. The summed E-state index contributed by atoms with van der Waals surface area (Å²) in [5, 5.41) is 2.15. The fourth-order valence-electron chi connectivity index (χ4n) is 3.68. The van der Waals surface area contributed by atoms with Crippen LogP contribution in [0.25, 0.3) is 0 Å². The first kappa shape index (κ1) is 15.1. The molecule has 0 bridgehead atoms. The number of anilines is 1. The summed E-state index contributed by atoms with van der Waals surface area (Å²) in [7, 11) is 2.07. The Bertz CT molecular complexity index is 635. The molecule has 0 aliphatic carbocycles. The van der Waals surface area contributed by atoms with Crippen molar-refractivity contribution in [2.75, 3.05) is 31.6 Å². The molecule has 5 nitrogen and oxygen atoms in total.